The Morgan fingerprint density at radius 1 is 1.00 bits per heavy atom. The predicted molar refractivity (Wildman–Crippen MR) is 88.6 cm³/mol. The Morgan fingerprint density at radius 2 is 1.67 bits per heavy atom. The number of hydrogen-bond acceptors (Lipinski definition) is 3. The quantitative estimate of drug-likeness (QED) is 0.814. The lowest BCUT2D eigenvalue weighted by atomic mass is 10.1. The molecule has 3 nitrogen and oxygen atoms in total. The number of nitrogens with two attached hydrogens (primary N) is 1. The van der Waals surface area contributed by atoms with Crippen molar-refractivity contribution >= 4 is 12.4 Å². The van der Waals surface area contributed by atoms with Crippen LogP contribution < -0.4 is 15.2 Å². The van der Waals surface area contributed by atoms with Crippen molar-refractivity contribution in [3.63, 3.8) is 0 Å². The lowest BCUT2D eigenvalue weighted by Crippen LogP contribution is -2.28. The van der Waals surface area contributed by atoms with Crippen molar-refractivity contribution in [1.29, 1.82) is 0 Å². The van der Waals surface area contributed by atoms with Gasteiger partial charge < -0.3 is 15.2 Å². The average Bonchev–Trinajstić information content (AvgIpc) is 2.53. The molecule has 0 aromatic heterocycles. The first-order chi connectivity index (χ1) is 10.9. The van der Waals surface area contributed by atoms with Crippen LogP contribution in [0.1, 0.15) is 24.1 Å². The number of benzene rings is 2. The van der Waals surface area contributed by atoms with Crippen LogP contribution in [0.2, 0.25) is 0 Å². The van der Waals surface area contributed by atoms with Crippen molar-refractivity contribution in [2.45, 2.75) is 25.7 Å². The Kier molecular flexibility index (Phi) is 7.38. The van der Waals surface area contributed by atoms with Crippen molar-refractivity contribution in [3.05, 3.63) is 59.7 Å². The van der Waals surface area contributed by atoms with Crippen LogP contribution >= 0.6 is 12.4 Å². The fourth-order valence-electron chi connectivity index (χ4n) is 2.03. The van der Waals surface area contributed by atoms with Gasteiger partial charge in [0, 0.05) is 0 Å². The summed E-state index contributed by atoms with van der Waals surface area (Å²) in [6.07, 6.45) is -4.50. The fraction of sp³-hybridized carbons (Fsp3) is 0.294. The lowest BCUT2D eigenvalue weighted by molar-refractivity contribution is -0.149. The van der Waals surface area contributed by atoms with Crippen LogP contribution in [0.5, 0.6) is 11.5 Å². The monoisotopic (exact) mass is 361 g/mol. The third-order valence-corrected chi connectivity index (χ3v) is 3.22. The molecule has 0 bridgehead atoms. The largest absolute Gasteiger partial charge is 0.490 e. The van der Waals surface area contributed by atoms with E-state index in [0.29, 0.717) is 19.0 Å². The summed E-state index contributed by atoms with van der Waals surface area (Å²) < 4.78 is 49.2. The Labute approximate surface area is 145 Å². The van der Waals surface area contributed by atoms with E-state index in [0.717, 1.165) is 5.56 Å². The fourth-order valence-corrected chi connectivity index (χ4v) is 2.03. The zero-order valence-electron chi connectivity index (χ0n) is 13.0. The van der Waals surface area contributed by atoms with Gasteiger partial charge in [-0.15, -0.1) is 12.4 Å². The Hall–Kier alpha value is -1.92. The molecule has 0 fully saturated rings. The normalized spacial score (nSPS) is 12.2. The van der Waals surface area contributed by atoms with Gasteiger partial charge in [0.2, 0.25) is 0 Å². The molecule has 2 aromatic carbocycles. The highest BCUT2D eigenvalue weighted by Gasteiger charge is 2.38. The van der Waals surface area contributed by atoms with Crippen LogP contribution in [0.15, 0.2) is 48.5 Å². The standard InChI is InChI=1S/C17H18F3NO2.ClH/c1-2-22-15-10-13(16(21)17(18,19)20)8-9-14(15)23-11-12-6-4-3-5-7-12;/h3-10,16H,2,11,21H2,1H3;1H/t16-;/m1./s1. The second-order valence-corrected chi connectivity index (χ2v) is 4.93. The molecule has 0 spiro atoms. The first-order valence-corrected chi connectivity index (χ1v) is 7.17. The van der Waals surface area contributed by atoms with Gasteiger partial charge in [0.1, 0.15) is 12.6 Å². The van der Waals surface area contributed by atoms with Crippen molar-refractivity contribution in [2.24, 2.45) is 5.73 Å². The van der Waals surface area contributed by atoms with Gasteiger partial charge in [-0.2, -0.15) is 13.2 Å². The van der Waals surface area contributed by atoms with E-state index in [9.17, 15) is 13.2 Å². The van der Waals surface area contributed by atoms with Crippen molar-refractivity contribution < 1.29 is 22.6 Å². The van der Waals surface area contributed by atoms with E-state index in [2.05, 4.69) is 0 Å². The number of alkyl halides is 3. The Bertz CT molecular complexity index is 635. The SMILES string of the molecule is CCOc1cc([C@@H](N)C(F)(F)F)ccc1OCc1ccccc1.Cl. The van der Waals surface area contributed by atoms with Gasteiger partial charge in [-0.1, -0.05) is 36.4 Å². The topological polar surface area (TPSA) is 44.5 Å². The van der Waals surface area contributed by atoms with E-state index >= 15 is 0 Å². The minimum atomic E-state index is -4.50. The molecule has 2 aromatic rings. The van der Waals surface area contributed by atoms with Crippen LogP contribution in [0.25, 0.3) is 0 Å². The van der Waals surface area contributed by atoms with E-state index in [1.807, 2.05) is 30.3 Å². The third-order valence-electron chi connectivity index (χ3n) is 3.22. The van der Waals surface area contributed by atoms with E-state index in [-0.39, 0.29) is 23.7 Å². The average molecular weight is 362 g/mol. The Balaban J connectivity index is 0.00000288. The molecule has 7 heteroatoms. The van der Waals surface area contributed by atoms with Gasteiger partial charge in [0.15, 0.2) is 11.5 Å². The number of rotatable bonds is 6. The van der Waals surface area contributed by atoms with E-state index < -0.39 is 12.2 Å². The van der Waals surface area contributed by atoms with Gasteiger partial charge in [-0.25, -0.2) is 0 Å². The molecule has 0 saturated carbocycles. The molecular weight excluding hydrogens is 343 g/mol. The number of ether oxygens (including phenoxy) is 2. The predicted octanol–water partition coefficient (Wildman–Crippen LogP) is 4.65. The maximum Gasteiger partial charge on any atom is 0.407 e. The van der Waals surface area contributed by atoms with Gasteiger partial charge in [0.25, 0.3) is 0 Å². The molecule has 1 atom stereocenters. The number of hydrogen-bond donors (Lipinski definition) is 1. The first kappa shape index (κ1) is 20.1. The highest BCUT2D eigenvalue weighted by Crippen LogP contribution is 2.36. The molecular formula is C17H19ClF3NO2. The zero-order chi connectivity index (χ0) is 16.9. The van der Waals surface area contributed by atoms with Crippen LogP contribution in [0, 0.1) is 0 Å². The molecule has 132 valence electrons. The summed E-state index contributed by atoms with van der Waals surface area (Å²) in [6.45, 7) is 2.36. The molecule has 0 saturated heterocycles. The molecule has 0 aliphatic carbocycles. The van der Waals surface area contributed by atoms with Crippen LogP contribution in [0.4, 0.5) is 13.2 Å². The summed E-state index contributed by atoms with van der Waals surface area (Å²) in [5.41, 5.74) is 6.12. The summed E-state index contributed by atoms with van der Waals surface area (Å²) in [4.78, 5) is 0. The maximum absolute atomic E-state index is 12.7. The van der Waals surface area contributed by atoms with Gasteiger partial charge >= 0.3 is 6.18 Å². The smallest absolute Gasteiger partial charge is 0.407 e. The summed E-state index contributed by atoms with van der Waals surface area (Å²) >= 11 is 0. The molecule has 0 heterocycles. The van der Waals surface area contributed by atoms with Crippen molar-refractivity contribution in [3.8, 4) is 11.5 Å². The van der Waals surface area contributed by atoms with E-state index in [1.54, 1.807) is 6.92 Å². The zero-order valence-corrected chi connectivity index (χ0v) is 13.9. The summed E-state index contributed by atoms with van der Waals surface area (Å²) in [5, 5.41) is 0. The van der Waals surface area contributed by atoms with Crippen LogP contribution in [0.3, 0.4) is 0 Å². The van der Waals surface area contributed by atoms with Gasteiger partial charge in [0.05, 0.1) is 6.61 Å². The number of halogens is 4. The second kappa shape index (κ2) is 8.80. The highest BCUT2D eigenvalue weighted by molar-refractivity contribution is 5.85. The molecule has 0 radical (unpaired) electrons. The van der Waals surface area contributed by atoms with E-state index in [1.165, 1.54) is 18.2 Å². The van der Waals surface area contributed by atoms with Crippen LogP contribution in [-0.4, -0.2) is 12.8 Å². The Morgan fingerprint density at radius 3 is 2.25 bits per heavy atom. The summed E-state index contributed by atoms with van der Waals surface area (Å²) in [7, 11) is 0. The molecule has 0 aliphatic heterocycles. The molecule has 2 N–H and O–H groups in total. The minimum Gasteiger partial charge on any atom is -0.490 e. The van der Waals surface area contributed by atoms with E-state index in [4.69, 9.17) is 15.2 Å². The molecule has 2 rings (SSSR count). The van der Waals surface area contributed by atoms with Gasteiger partial charge in [-0.05, 0) is 30.2 Å². The van der Waals surface area contributed by atoms with Crippen molar-refractivity contribution in [1.82, 2.24) is 0 Å². The molecule has 0 unspecified atom stereocenters. The molecule has 24 heavy (non-hydrogen) atoms. The molecule has 0 aliphatic rings. The third kappa shape index (κ3) is 5.32. The van der Waals surface area contributed by atoms with Crippen molar-refractivity contribution in [2.75, 3.05) is 6.61 Å². The lowest BCUT2D eigenvalue weighted by Gasteiger charge is -2.18. The molecule has 0 amide bonds. The summed E-state index contributed by atoms with van der Waals surface area (Å²) in [6, 6.07) is 11.4. The van der Waals surface area contributed by atoms with Gasteiger partial charge in [-0.3, -0.25) is 0 Å². The summed E-state index contributed by atoms with van der Waals surface area (Å²) in [5.74, 6) is 0.634. The first-order valence-electron chi connectivity index (χ1n) is 7.17. The van der Waals surface area contributed by atoms with Crippen LogP contribution in [-0.2, 0) is 6.61 Å². The second-order valence-electron chi connectivity index (χ2n) is 4.93. The maximum atomic E-state index is 12.7. The minimum absolute atomic E-state index is 0. The highest BCUT2D eigenvalue weighted by atomic mass is 35.5.